The van der Waals surface area contributed by atoms with Gasteiger partial charge in [-0.15, -0.1) is 0 Å². The number of fused-ring (bicyclic) bond motifs is 1. The van der Waals surface area contributed by atoms with E-state index >= 15 is 0 Å². The van der Waals surface area contributed by atoms with E-state index in [1.54, 1.807) is 26.6 Å². The summed E-state index contributed by atoms with van der Waals surface area (Å²) in [6.07, 6.45) is 4.06. The number of ether oxygens (including phenoxy) is 1. The zero-order valence-corrected chi connectivity index (χ0v) is 16.8. The number of rotatable bonds is 3. The Labute approximate surface area is 174 Å². The van der Waals surface area contributed by atoms with Gasteiger partial charge >= 0.3 is 0 Å². The summed E-state index contributed by atoms with van der Waals surface area (Å²) in [5.41, 5.74) is 3.30. The lowest BCUT2D eigenvalue weighted by atomic mass is 10.1. The Morgan fingerprint density at radius 3 is 2.43 bits per heavy atom. The number of amides is 2. The first-order valence-corrected chi connectivity index (χ1v) is 10.7. The van der Waals surface area contributed by atoms with Gasteiger partial charge in [-0.05, 0) is 56.4 Å². The zero-order valence-electron chi connectivity index (χ0n) is 16.8. The van der Waals surface area contributed by atoms with Crippen molar-refractivity contribution in [3.8, 4) is 5.69 Å². The van der Waals surface area contributed by atoms with Crippen molar-refractivity contribution in [3.05, 3.63) is 47.0 Å². The maximum absolute atomic E-state index is 13.3. The fourth-order valence-electron chi connectivity index (χ4n) is 4.66. The van der Waals surface area contributed by atoms with E-state index in [0.29, 0.717) is 38.5 Å². The lowest BCUT2D eigenvalue weighted by Gasteiger charge is -2.35. The van der Waals surface area contributed by atoms with Gasteiger partial charge in [0.2, 0.25) is 0 Å². The maximum atomic E-state index is 13.3. The van der Waals surface area contributed by atoms with Crippen LogP contribution in [-0.2, 0) is 22.4 Å². The average Bonchev–Trinajstić information content (AvgIpc) is 3.52. The summed E-state index contributed by atoms with van der Waals surface area (Å²) in [6.45, 7) is 2.68. The third-order valence-electron chi connectivity index (χ3n) is 6.29. The van der Waals surface area contributed by atoms with E-state index in [2.05, 4.69) is 5.10 Å². The number of piperazine rings is 1. The number of hydrogen-bond acceptors (Lipinski definition) is 4. The van der Waals surface area contributed by atoms with E-state index in [1.165, 1.54) is 12.1 Å². The topological polar surface area (TPSA) is 67.7 Å². The Balaban J connectivity index is 1.32. The predicted molar refractivity (Wildman–Crippen MR) is 107 cm³/mol. The second kappa shape index (κ2) is 7.83. The van der Waals surface area contributed by atoms with Crippen LogP contribution in [-0.4, -0.2) is 70.3 Å². The molecule has 1 aliphatic carbocycles. The molecule has 0 radical (unpaired) electrons. The lowest BCUT2D eigenvalue weighted by molar-refractivity contribution is -0.142. The molecule has 5 rings (SSSR count). The van der Waals surface area contributed by atoms with Crippen LogP contribution < -0.4 is 0 Å². The van der Waals surface area contributed by atoms with Crippen LogP contribution in [0.5, 0.6) is 0 Å². The number of hydrogen-bond donors (Lipinski definition) is 0. The number of carbonyl (C=O) groups is 2. The maximum Gasteiger partial charge on any atom is 0.274 e. The fourth-order valence-corrected chi connectivity index (χ4v) is 4.66. The van der Waals surface area contributed by atoms with Crippen molar-refractivity contribution in [2.75, 3.05) is 32.8 Å². The molecule has 1 atom stereocenters. The minimum Gasteiger partial charge on any atom is -0.368 e. The summed E-state index contributed by atoms with van der Waals surface area (Å²) in [5.74, 6) is -0.339. The second-order valence-electron chi connectivity index (χ2n) is 8.13. The van der Waals surface area contributed by atoms with Crippen LogP contribution in [0.1, 0.15) is 41.0 Å². The summed E-state index contributed by atoms with van der Waals surface area (Å²) in [7, 11) is 0. The van der Waals surface area contributed by atoms with Crippen molar-refractivity contribution in [2.45, 2.75) is 38.2 Å². The van der Waals surface area contributed by atoms with Gasteiger partial charge in [0.05, 0.1) is 5.69 Å². The van der Waals surface area contributed by atoms with E-state index in [4.69, 9.17) is 4.74 Å². The molecule has 1 unspecified atom stereocenters. The predicted octanol–water partition coefficient (Wildman–Crippen LogP) is 1.96. The molecule has 1 aromatic heterocycles. The first kappa shape index (κ1) is 19.2. The standard InChI is InChI=1S/C22H25FN4O3/c23-15-6-8-16(9-7-15)27-18-4-1-3-17(18)20(24-27)22(29)26-12-10-25(11-13-26)21(28)19-5-2-14-30-19/h6-9,19H,1-5,10-14H2. The molecule has 2 aromatic rings. The molecule has 7 nitrogen and oxygen atoms in total. The number of nitrogens with zero attached hydrogens (tertiary/aromatic N) is 4. The highest BCUT2D eigenvalue weighted by Gasteiger charge is 2.34. The minimum absolute atomic E-state index is 0.0427. The fraction of sp³-hybridized carbons (Fsp3) is 0.500. The molecule has 8 heteroatoms. The Morgan fingerprint density at radius 2 is 1.73 bits per heavy atom. The molecule has 0 spiro atoms. The highest BCUT2D eigenvalue weighted by atomic mass is 19.1. The van der Waals surface area contributed by atoms with Gasteiger partial charge < -0.3 is 14.5 Å². The van der Waals surface area contributed by atoms with Crippen molar-refractivity contribution in [1.29, 1.82) is 0 Å². The molecule has 2 amide bonds. The third-order valence-corrected chi connectivity index (χ3v) is 6.29. The second-order valence-corrected chi connectivity index (χ2v) is 8.13. The summed E-state index contributed by atoms with van der Waals surface area (Å²) in [4.78, 5) is 29.4. The molecular weight excluding hydrogens is 387 g/mol. The van der Waals surface area contributed by atoms with Crippen molar-refractivity contribution < 1.29 is 18.7 Å². The summed E-state index contributed by atoms with van der Waals surface area (Å²) in [6, 6.07) is 6.18. The monoisotopic (exact) mass is 412 g/mol. The van der Waals surface area contributed by atoms with Crippen LogP contribution >= 0.6 is 0 Å². The van der Waals surface area contributed by atoms with E-state index in [9.17, 15) is 14.0 Å². The van der Waals surface area contributed by atoms with Gasteiger partial charge in [-0.3, -0.25) is 9.59 Å². The van der Waals surface area contributed by atoms with Crippen molar-refractivity contribution >= 4 is 11.8 Å². The van der Waals surface area contributed by atoms with Gasteiger partial charge in [0.1, 0.15) is 11.9 Å². The number of carbonyl (C=O) groups excluding carboxylic acids is 2. The van der Waals surface area contributed by atoms with Gasteiger partial charge in [0.15, 0.2) is 5.69 Å². The first-order chi connectivity index (χ1) is 14.6. The van der Waals surface area contributed by atoms with Gasteiger partial charge in [-0.2, -0.15) is 5.10 Å². The quantitative estimate of drug-likeness (QED) is 0.773. The molecule has 3 heterocycles. The molecule has 0 N–H and O–H groups in total. The number of aromatic nitrogens is 2. The van der Waals surface area contributed by atoms with Crippen LogP contribution in [0.15, 0.2) is 24.3 Å². The summed E-state index contributed by atoms with van der Waals surface area (Å²) >= 11 is 0. The first-order valence-electron chi connectivity index (χ1n) is 10.7. The van der Waals surface area contributed by atoms with E-state index < -0.39 is 0 Å². The van der Waals surface area contributed by atoms with Gasteiger partial charge in [-0.25, -0.2) is 9.07 Å². The van der Waals surface area contributed by atoms with Crippen molar-refractivity contribution in [2.24, 2.45) is 0 Å². The third kappa shape index (κ3) is 3.39. The molecular formula is C22H25FN4O3. The van der Waals surface area contributed by atoms with Crippen LogP contribution in [0.25, 0.3) is 5.69 Å². The Morgan fingerprint density at radius 1 is 1.00 bits per heavy atom. The van der Waals surface area contributed by atoms with Crippen LogP contribution in [0.2, 0.25) is 0 Å². The normalized spacial score (nSPS) is 21.2. The Bertz CT molecular complexity index is 958. The summed E-state index contributed by atoms with van der Waals surface area (Å²) < 4.78 is 20.6. The average molecular weight is 412 g/mol. The SMILES string of the molecule is O=C(c1nn(-c2ccc(F)cc2)c2c1CCC2)N1CCN(C(=O)C2CCCO2)CC1. The van der Waals surface area contributed by atoms with E-state index in [1.807, 2.05) is 0 Å². The largest absolute Gasteiger partial charge is 0.368 e. The van der Waals surface area contributed by atoms with Gasteiger partial charge in [0, 0.05) is 44.0 Å². The molecule has 2 saturated heterocycles. The van der Waals surface area contributed by atoms with Gasteiger partial charge in [0.25, 0.3) is 11.8 Å². The van der Waals surface area contributed by atoms with Crippen LogP contribution in [0.4, 0.5) is 4.39 Å². The lowest BCUT2D eigenvalue weighted by Crippen LogP contribution is -2.53. The highest BCUT2D eigenvalue weighted by molar-refractivity contribution is 5.94. The number of benzene rings is 1. The number of halogens is 1. The van der Waals surface area contributed by atoms with E-state index in [0.717, 1.165) is 49.0 Å². The molecule has 158 valence electrons. The van der Waals surface area contributed by atoms with Crippen molar-refractivity contribution in [3.63, 3.8) is 0 Å². The smallest absolute Gasteiger partial charge is 0.274 e. The molecule has 0 saturated carbocycles. The van der Waals surface area contributed by atoms with Crippen LogP contribution in [0, 0.1) is 5.82 Å². The molecule has 3 aliphatic rings. The van der Waals surface area contributed by atoms with Crippen molar-refractivity contribution in [1.82, 2.24) is 19.6 Å². The van der Waals surface area contributed by atoms with Crippen LogP contribution in [0.3, 0.4) is 0 Å². The van der Waals surface area contributed by atoms with Gasteiger partial charge in [-0.1, -0.05) is 0 Å². The molecule has 1 aromatic carbocycles. The molecule has 2 aliphatic heterocycles. The van der Waals surface area contributed by atoms with E-state index in [-0.39, 0.29) is 23.7 Å². The molecule has 30 heavy (non-hydrogen) atoms. The molecule has 2 fully saturated rings. The minimum atomic E-state index is -0.318. The zero-order chi connectivity index (χ0) is 20.7. The summed E-state index contributed by atoms with van der Waals surface area (Å²) in [5, 5.41) is 4.63. The highest BCUT2D eigenvalue weighted by Crippen LogP contribution is 2.29. The Kier molecular flexibility index (Phi) is 5.02. The Hall–Kier alpha value is -2.74. The molecule has 0 bridgehead atoms.